The van der Waals surface area contributed by atoms with E-state index in [1.807, 2.05) is 0 Å². The number of hydrogen-bond donors (Lipinski definition) is 0. The van der Waals surface area contributed by atoms with E-state index in [1.165, 1.54) is 0 Å². The molecule has 1 aromatic heterocycles. The van der Waals surface area contributed by atoms with E-state index in [1.54, 1.807) is 24.3 Å². The molecule has 4 heteroatoms. The average molecular weight is 190 g/mol. The van der Waals surface area contributed by atoms with Gasteiger partial charge < -0.3 is 9.15 Å². The van der Waals surface area contributed by atoms with Crippen LogP contribution in [0.2, 0.25) is 0 Å². The highest BCUT2D eigenvalue weighted by Gasteiger charge is 2.03. The molecule has 0 atom stereocenters. The lowest BCUT2D eigenvalue weighted by molar-refractivity contribution is -0.121. The van der Waals surface area contributed by atoms with Gasteiger partial charge in [0, 0.05) is 0 Å². The molecule has 0 aliphatic rings. The number of ether oxygens (including phenoxy) is 1. The first-order valence-electron chi connectivity index (χ1n) is 3.94. The molecule has 70 valence electrons. The summed E-state index contributed by atoms with van der Waals surface area (Å²) in [5.74, 6) is -0.0938. The topological polar surface area (TPSA) is 56.5 Å². The highest BCUT2D eigenvalue weighted by Crippen LogP contribution is 2.15. The van der Waals surface area contributed by atoms with Gasteiger partial charge in [-0.25, -0.2) is 0 Å². The monoisotopic (exact) mass is 190 g/mol. The number of rotatable bonds is 2. The first-order valence-corrected chi connectivity index (χ1v) is 3.94. The van der Waals surface area contributed by atoms with Gasteiger partial charge in [-0.1, -0.05) is 12.1 Å². The zero-order chi connectivity index (χ0) is 9.97. The normalized spacial score (nSPS) is 10.0. The third kappa shape index (κ3) is 1.37. The largest absolute Gasteiger partial charge is 0.425 e. The fourth-order valence-electron chi connectivity index (χ4n) is 1.19. The van der Waals surface area contributed by atoms with E-state index in [0.717, 1.165) is 6.07 Å². The molecule has 0 saturated carbocycles. The fraction of sp³-hybridized carbons (Fsp3) is 0. The van der Waals surface area contributed by atoms with Crippen molar-refractivity contribution in [3.8, 4) is 5.95 Å². The maximum Gasteiger partial charge on any atom is 0.300 e. The van der Waals surface area contributed by atoms with Crippen LogP contribution in [0.3, 0.4) is 0 Å². The van der Waals surface area contributed by atoms with Crippen LogP contribution < -0.4 is 10.2 Å². The van der Waals surface area contributed by atoms with E-state index in [0.29, 0.717) is 11.0 Å². The van der Waals surface area contributed by atoms with Crippen LogP contribution >= 0.6 is 0 Å². The molecule has 0 saturated heterocycles. The van der Waals surface area contributed by atoms with Gasteiger partial charge >= 0.3 is 6.47 Å². The van der Waals surface area contributed by atoms with Crippen molar-refractivity contribution in [1.82, 2.24) is 0 Å². The quantitative estimate of drug-likeness (QED) is 0.670. The van der Waals surface area contributed by atoms with Crippen molar-refractivity contribution in [3.63, 3.8) is 0 Å². The van der Waals surface area contributed by atoms with E-state index in [4.69, 9.17) is 4.42 Å². The van der Waals surface area contributed by atoms with Gasteiger partial charge in [0.05, 0.1) is 11.5 Å². The predicted molar refractivity (Wildman–Crippen MR) is 49.2 cm³/mol. The minimum atomic E-state index is -0.233. The van der Waals surface area contributed by atoms with Crippen molar-refractivity contribution in [2.45, 2.75) is 0 Å². The van der Waals surface area contributed by atoms with Crippen LogP contribution in [0.5, 0.6) is 5.95 Å². The molecule has 0 aliphatic carbocycles. The van der Waals surface area contributed by atoms with Crippen molar-refractivity contribution < 1.29 is 13.9 Å². The van der Waals surface area contributed by atoms with E-state index < -0.39 is 0 Å². The molecule has 0 N–H and O–H groups in total. The molecule has 1 heterocycles. The molecule has 1 aromatic carbocycles. The van der Waals surface area contributed by atoms with Gasteiger partial charge in [-0.15, -0.1) is 0 Å². The summed E-state index contributed by atoms with van der Waals surface area (Å²) >= 11 is 0. The van der Waals surface area contributed by atoms with Gasteiger partial charge in [0.1, 0.15) is 5.58 Å². The summed E-state index contributed by atoms with van der Waals surface area (Å²) in [4.78, 5) is 21.5. The van der Waals surface area contributed by atoms with E-state index in [9.17, 15) is 9.59 Å². The van der Waals surface area contributed by atoms with Crippen molar-refractivity contribution >= 4 is 17.4 Å². The third-order valence-electron chi connectivity index (χ3n) is 1.78. The van der Waals surface area contributed by atoms with E-state index >= 15 is 0 Å². The molecule has 0 amide bonds. The highest BCUT2D eigenvalue weighted by molar-refractivity contribution is 5.76. The molecule has 14 heavy (non-hydrogen) atoms. The lowest BCUT2D eigenvalue weighted by Gasteiger charge is -1.98. The Hall–Kier alpha value is -2.10. The average Bonchev–Trinajstić information content (AvgIpc) is 2.18. The minimum Gasteiger partial charge on any atom is -0.425 e. The van der Waals surface area contributed by atoms with Crippen LogP contribution in [0.25, 0.3) is 11.0 Å². The zero-order valence-electron chi connectivity index (χ0n) is 7.10. The number of carbonyl (C=O) groups is 1. The second-order valence-electron chi connectivity index (χ2n) is 2.64. The Bertz CT molecular complexity index is 527. The smallest absolute Gasteiger partial charge is 0.300 e. The number of hydrogen-bond acceptors (Lipinski definition) is 4. The first-order chi connectivity index (χ1) is 6.81. The number of fused-ring (bicyclic) bond motifs is 1. The molecule has 2 rings (SSSR count). The molecular formula is C10H6O4. The molecule has 0 unspecified atom stereocenters. The predicted octanol–water partition coefficient (Wildman–Crippen LogP) is 1.33. The summed E-state index contributed by atoms with van der Waals surface area (Å²) in [5, 5.41) is 0.464. The van der Waals surface area contributed by atoms with Crippen molar-refractivity contribution in [2.75, 3.05) is 0 Å². The number of carbonyl (C=O) groups excluding carboxylic acids is 1. The van der Waals surface area contributed by atoms with Gasteiger partial charge in [0.25, 0.3) is 5.95 Å². The Morgan fingerprint density at radius 2 is 2.07 bits per heavy atom. The SMILES string of the molecule is O=COc1cc(=O)c2ccccc2o1. The van der Waals surface area contributed by atoms with Gasteiger partial charge in [-0.3, -0.25) is 9.59 Å². The lowest BCUT2D eigenvalue weighted by atomic mass is 10.2. The molecular weight excluding hydrogens is 184 g/mol. The van der Waals surface area contributed by atoms with Crippen molar-refractivity contribution in [2.24, 2.45) is 0 Å². The fourth-order valence-corrected chi connectivity index (χ4v) is 1.19. The Morgan fingerprint density at radius 1 is 1.29 bits per heavy atom. The van der Waals surface area contributed by atoms with Gasteiger partial charge in [-0.2, -0.15) is 0 Å². The van der Waals surface area contributed by atoms with E-state index in [-0.39, 0.29) is 17.8 Å². The van der Waals surface area contributed by atoms with Crippen LogP contribution in [-0.2, 0) is 4.79 Å². The van der Waals surface area contributed by atoms with Crippen LogP contribution in [0.1, 0.15) is 0 Å². The van der Waals surface area contributed by atoms with Crippen LogP contribution in [0.15, 0.2) is 39.5 Å². The molecule has 2 aromatic rings. The molecule has 4 nitrogen and oxygen atoms in total. The van der Waals surface area contributed by atoms with Crippen LogP contribution in [0.4, 0.5) is 0 Å². The molecule has 0 aliphatic heterocycles. The zero-order valence-corrected chi connectivity index (χ0v) is 7.10. The van der Waals surface area contributed by atoms with Gasteiger partial charge in [-0.05, 0) is 12.1 Å². The third-order valence-corrected chi connectivity index (χ3v) is 1.78. The highest BCUT2D eigenvalue weighted by atomic mass is 16.6. The second-order valence-corrected chi connectivity index (χ2v) is 2.64. The number of benzene rings is 1. The first kappa shape index (κ1) is 8.50. The summed E-state index contributed by atoms with van der Waals surface area (Å²) in [5.41, 5.74) is 0.167. The van der Waals surface area contributed by atoms with Gasteiger partial charge in [0.2, 0.25) is 0 Å². The molecule has 0 fully saturated rings. The van der Waals surface area contributed by atoms with Gasteiger partial charge in [0.15, 0.2) is 5.43 Å². The summed E-state index contributed by atoms with van der Waals surface area (Å²) in [6.45, 7) is 0.215. The van der Waals surface area contributed by atoms with Crippen molar-refractivity contribution in [1.29, 1.82) is 0 Å². The molecule has 0 spiro atoms. The second kappa shape index (κ2) is 3.33. The Labute approximate surface area is 78.7 Å². The minimum absolute atomic E-state index is 0.0938. The van der Waals surface area contributed by atoms with E-state index in [2.05, 4.69) is 4.74 Å². The Kier molecular flexibility index (Phi) is 2.02. The van der Waals surface area contributed by atoms with Crippen LogP contribution in [-0.4, -0.2) is 6.47 Å². The lowest BCUT2D eigenvalue weighted by Crippen LogP contribution is -2.01. The maximum atomic E-state index is 11.4. The molecule has 0 bridgehead atoms. The Morgan fingerprint density at radius 3 is 2.86 bits per heavy atom. The maximum absolute atomic E-state index is 11.4. The summed E-state index contributed by atoms with van der Waals surface area (Å²) in [7, 11) is 0. The Balaban J connectivity index is 2.72. The van der Waals surface area contributed by atoms with Crippen molar-refractivity contribution in [3.05, 3.63) is 40.6 Å². The number of para-hydroxylation sites is 1. The standard InChI is InChI=1S/C10H6O4/c11-6-13-10-5-8(12)7-3-1-2-4-9(7)14-10/h1-6H. The summed E-state index contributed by atoms with van der Waals surface area (Å²) in [6, 6.07) is 7.88. The molecule has 0 radical (unpaired) electrons. The van der Waals surface area contributed by atoms with Crippen LogP contribution in [0, 0.1) is 0 Å². The summed E-state index contributed by atoms with van der Waals surface area (Å²) in [6.07, 6.45) is 0. The summed E-state index contributed by atoms with van der Waals surface area (Å²) < 4.78 is 9.58.